The van der Waals surface area contributed by atoms with Gasteiger partial charge in [-0.15, -0.1) is 0 Å². The zero-order valence-electron chi connectivity index (χ0n) is 10.4. The van der Waals surface area contributed by atoms with Crippen LogP contribution in [0.4, 0.5) is 22.0 Å². The summed E-state index contributed by atoms with van der Waals surface area (Å²) >= 11 is 0.858. The first-order valence-electron chi connectivity index (χ1n) is 5.89. The molecule has 0 aromatic carbocycles. The highest BCUT2D eigenvalue weighted by molar-refractivity contribution is 8.00. The quantitative estimate of drug-likeness (QED) is 0.485. The third-order valence-corrected chi connectivity index (χ3v) is 3.81. The van der Waals surface area contributed by atoms with E-state index in [4.69, 9.17) is 0 Å². The lowest BCUT2D eigenvalue weighted by Gasteiger charge is -2.20. The highest BCUT2D eigenvalue weighted by atomic mass is 32.2. The fourth-order valence-corrected chi connectivity index (χ4v) is 2.39. The Morgan fingerprint density at radius 3 is 2.21 bits per heavy atom. The minimum Gasteiger partial charge on any atom is -0.549 e. The van der Waals surface area contributed by atoms with Crippen molar-refractivity contribution in [3.63, 3.8) is 0 Å². The van der Waals surface area contributed by atoms with Crippen LogP contribution in [0.5, 0.6) is 0 Å². The third-order valence-electron chi connectivity index (χ3n) is 2.45. The SMILES string of the molecule is CCCCC(SCCCC(F)(F)C(F)(F)F)C(=O)[O-]. The number of halogens is 5. The molecule has 19 heavy (non-hydrogen) atoms. The number of carbonyl (C=O) groups excluding carboxylic acids is 1. The Morgan fingerprint density at radius 1 is 1.21 bits per heavy atom. The molecule has 0 amide bonds. The summed E-state index contributed by atoms with van der Waals surface area (Å²) in [5.41, 5.74) is 0. The highest BCUT2D eigenvalue weighted by Gasteiger charge is 2.56. The van der Waals surface area contributed by atoms with Crippen LogP contribution in [0.2, 0.25) is 0 Å². The summed E-state index contributed by atoms with van der Waals surface area (Å²) < 4.78 is 60.7. The fourth-order valence-electron chi connectivity index (χ4n) is 1.32. The largest absolute Gasteiger partial charge is 0.549 e. The number of hydrogen-bond acceptors (Lipinski definition) is 3. The van der Waals surface area contributed by atoms with Gasteiger partial charge in [-0.1, -0.05) is 19.8 Å². The minimum atomic E-state index is -5.55. The molecule has 0 fully saturated rings. The lowest BCUT2D eigenvalue weighted by molar-refractivity contribution is -0.304. The number of carboxylic acid groups (broad SMARTS) is 1. The van der Waals surface area contributed by atoms with E-state index in [1.807, 2.05) is 6.92 Å². The average Bonchev–Trinajstić information content (AvgIpc) is 2.25. The molecule has 1 unspecified atom stereocenters. The number of hydrogen-bond donors (Lipinski definition) is 0. The van der Waals surface area contributed by atoms with Crippen LogP contribution in [-0.2, 0) is 4.79 Å². The number of rotatable bonds is 9. The van der Waals surface area contributed by atoms with Crippen LogP contribution in [0.25, 0.3) is 0 Å². The molecule has 0 aliphatic heterocycles. The predicted octanol–water partition coefficient (Wildman–Crippen LogP) is 3.01. The standard InChI is InChI=1S/C11H17F5O2S/c1-2-3-5-8(9(17)18)19-7-4-6-10(12,13)11(14,15)16/h8H,2-7H2,1H3,(H,17,18)/p-1. The van der Waals surface area contributed by atoms with E-state index < -0.39 is 36.2 Å². The molecule has 0 spiro atoms. The van der Waals surface area contributed by atoms with Gasteiger partial charge in [0.15, 0.2) is 0 Å². The lowest BCUT2D eigenvalue weighted by Crippen LogP contribution is -2.36. The molecular weight excluding hydrogens is 291 g/mol. The van der Waals surface area contributed by atoms with Crippen LogP contribution in [0, 0.1) is 0 Å². The Hall–Kier alpha value is -0.530. The maximum absolute atomic E-state index is 12.6. The summed E-state index contributed by atoms with van der Waals surface area (Å²) in [6, 6.07) is 0. The fraction of sp³-hybridized carbons (Fsp3) is 0.909. The van der Waals surface area contributed by atoms with Gasteiger partial charge >= 0.3 is 12.1 Å². The van der Waals surface area contributed by atoms with Crippen molar-refractivity contribution in [2.45, 2.75) is 56.4 Å². The van der Waals surface area contributed by atoms with Gasteiger partial charge in [0, 0.05) is 11.7 Å². The number of thioether (sulfide) groups is 1. The zero-order valence-corrected chi connectivity index (χ0v) is 11.3. The maximum Gasteiger partial charge on any atom is 0.453 e. The molecule has 0 bridgehead atoms. The summed E-state index contributed by atoms with van der Waals surface area (Å²) in [6.07, 6.45) is -5.52. The summed E-state index contributed by atoms with van der Waals surface area (Å²) in [5.74, 6) is -6.08. The van der Waals surface area contributed by atoms with Crippen molar-refractivity contribution in [2.75, 3.05) is 5.75 Å². The molecule has 114 valence electrons. The first-order chi connectivity index (χ1) is 8.62. The van der Waals surface area contributed by atoms with Crippen LogP contribution in [-0.4, -0.2) is 29.1 Å². The molecule has 0 rings (SSSR count). The van der Waals surface area contributed by atoms with Crippen molar-refractivity contribution in [2.24, 2.45) is 0 Å². The molecule has 0 aromatic heterocycles. The summed E-state index contributed by atoms with van der Waals surface area (Å²) in [4.78, 5) is 10.7. The molecule has 0 N–H and O–H groups in total. The van der Waals surface area contributed by atoms with E-state index in [0.29, 0.717) is 12.8 Å². The van der Waals surface area contributed by atoms with Gasteiger partial charge < -0.3 is 9.90 Å². The molecule has 8 heteroatoms. The lowest BCUT2D eigenvalue weighted by atomic mass is 10.2. The van der Waals surface area contributed by atoms with Gasteiger partial charge in [-0.2, -0.15) is 33.7 Å². The number of carboxylic acids is 1. The molecule has 0 saturated heterocycles. The molecule has 0 radical (unpaired) electrons. The average molecular weight is 307 g/mol. The number of aliphatic carboxylic acids is 1. The topological polar surface area (TPSA) is 40.1 Å². The second-order valence-corrected chi connectivity index (χ2v) is 5.44. The number of carbonyl (C=O) groups is 1. The Labute approximate surface area is 112 Å². The first-order valence-corrected chi connectivity index (χ1v) is 6.93. The van der Waals surface area contributed by atoms with Crippen LogP contribution >= 0.6 is 11.8 Å². The molecule has 0 aromatic rings. The van der Waals surface area contributed by atoms with Crippen LogP contribution < -0.4 is 5.11 Å². The minimum absolute atomic E-state index is 0.0615. The van der Waals surface area contributed by atoms with E-state index >= 15 is 0 Å². The Kier molecular flexibility index (Phi) is 7.69. The van der Waals surface area contributed by atoms with Crippen LogP contribution in [0.3, 0.4) is 0 Å². The predicted molar refractivity (Wildman–Crippen MR) is 61.0 cm³/mol. The van der Waals surface area contributed by atoms with Crippen LogP contribution in [0.15, 0.2) is 0 Å². The second-order valence-electron chi connectivity index (χ2n) is 4.13. The van der Waals surface area contributed by atoms with Gasteiger partial charge in [-0.25, -0.2) is 0 Å². The van der Waals surface area contributed by atoms with E-state index in [-0.39, 0.29) is 5.75 Å². The van der Waals surface area contributed by atoms with Crippen molar-refractivity contribution in [1.29, 1.82) is 0 Å². The van der Waals surface area contributed by atoms with Crippen molar-refractivity contribution in [3.05, 3.63) is 0 Å². The molecule has 1 atom stereocenters. The third kappa shape index (κ3) is 6.98. The maximum atomic E-state index is 12.6. The molecule has 2 nitrogen and oxygen atoms in total. The molecule has 0 heterocycles. The summed E-state index contributed by atoms with van der Waals surface area (Å²) in [7, 11) is 0. The summed E-state index contributed by atoms with van der Waals surface area (Å²) in [6.45, 7) is 1.86. The smallest absolute Gasteiger partial charge is 0.453 e. The van der Waals surface area contributed by atoms with Gasteiger partial charge in [0.25, 0.3) is 0 Å². The second kappa shape index (κ2) is 7.91. The van der Waals surface area contributed by atoms with Gasteiger partial charge in [0.05, 0.1) is 5.97 Å². The first kappa shape index (κ1) is 18.5. The zero-order chi connectivity index (χ0) is 15.1. The van der Waals surface area contributed by atoms with E-state index in [1.54, 1.807) is 0 Å². The highest BCUT2D eigenvalue weighted by Crippen LogP contribution is 2.39. The Morgan fingerprint density at radius 2 is 1.79 bits per heavy atom. The van der Waals surface area contributed by atoms with E-state index in [9.17, 15) is 31.9 Å². The normalized spacial score (nSPS) is 14.4. The van der Waals surface area contributed by atoms with Gasteiger partial charge in [0.1, 0.15) is 0 Å². The van der Waals surface area contributed by atoms with Crippen molar-refractivity contribution in [3.8, 4) is 0 Å². The van der Waals surface area contributed by atoms with Crippen molar-refractivity contribution in [1.82, 2.24) is 0 Å². The molecule has 0 aliphatic carbocycles. The van der Waals surface area contributed by atoms with E-state index in [2.05, 4.69) is 0 Å². The van der Waals surface area contributed by atoms with E-state index in [0.717, 1.165) is 18.2 Å². The Balaban J connectivity index is 4.04. The molecule has 0 aliphatic rings. The Bertz CT molecular complexity index is 281. The molecule has 0 saturated carbocycles. The number of unbranched alkanes of at least 4 members (excludes halogenated alkanes) is 1. The van der Waals surface area contributed by atoms with Gasteiger partial charge in [0.2, 0.25) is 0 Å². The monoisotopic (exact) mass is 307 g/mol. The van der Waals surface area contributed by atoms with Crippen LogP contribution in [0.1, 0.15) is 39.0 Å². The summed E-state index contributed by atoms with van der Waals surface area (Å²) in [5, 5.41) is 9.85. The van der Waals surface area contributed by atoms with Crippen molar-refractivity contribution >= 4 is 17.7 Å². The van der Waals surface area contributed by atoms with Gasteiger partial charge in [-0.05, 0) is 18.6 Å². The number of alkyl halides is 5. The van der Waals surface area contributed by atoms with Crippen molar-refractivity contribution < 1.29 is 31.9 Å². The van der Waals surface area contributed by atoms with Gasteiger partial charge in [-0.3, -0.25) is 0 Å². The van der Waals surface area contributed by atoms with E-state index in [1.165, 1.54) is 0 Å². The molecular formula is C11H16F5O2S-.